The second-order valence-corrected chi connectivity index (χ2v) is 6.13. The molecule has 0 aromatic carbocycles. The van der Waals surface area contributed by atoms with Crippen LogP contribution in [-0.2, 0) is 0 Å². The average molecular weight is 200 g/mol. The number of hydrogen-bond donors (Lipinski definition) is 2. The van der Waals surface area contributed by atoms with E-state index in [1.807, 2.05) is 0 Å². The first kappa shape index (κ1) is 13.9. The Bertz CT molecular complexity index is 149. The number of nitrogens with two attached hydrogens (primary N) is 2. The summed E-state index contributed by atoms with van der Waals surface area (Å²) in [5.41, 5.74) is 12.2. The first-order valence-electron chi connectivity index (χ1n) is 5.59. The van der Waals surface area contributed by atoms with Crippen molar-refractivity contribution in [3.8, 4) is 0 Å². The summed E-state index contributed by atoms with van der Waals surface area (Å²) in [6, 6.07) is 0.523. The summed E-state index contributed by atoms with van der Waals surface area (Å²) in [4.78, 5) is 0. The highest BCUT2D eigenvalue weighted by molar-refractivity contribution is 4.89. The van der Waals surface area contributed by atoms with Crippen molar-refractivity contribution in [3.63, 3.8) is 0 Å². The van der Waals surface area contributed by atoms with Crippen molar-refractivity contribution >= 4 is 0 Å². The fourth-order valence-electron chi connectivity index (χ4n) is 2.16. The highest BCUT2D eigenvalue weighted by Crippen LogP contribution is 2.44. The van der Waals surface area contributed by atoms with Gasteiger partial charge in [0.15, 0.2) is 0 Å². The average Bonchev–Trinajstić information content (AvgIpc) is 1.78. The Morgan fingerprint density at radius 3 is 1.14 bits per heavy atom. The predicted molar refractivity (Wildman–Crippen MR) is 64.1 cm³/mol. The van der Waals surface area contributed by atoms with Crippen molar-refractivity contribution < 1.29 is 0 Å². The van der Waals surface area contributed by atoms with Gasteiger partial charge >= 0.3 is 0 Å². The van der Waals surface area contributed by atoms with Gasteiger partial charge in [-0.1, -0.05) is 27.7 Å². The monoisotopic (exact) mass is 200 g/mol. The van der Waals surface area contributed by atoms with Crippen LogP contribution < -0.4 is 11.5 Å². The third-order valence-corrected chi connectivity index (χ3v) is 3.50. The normalized spacial score (nSPS) is 18.0. The van der Waals surface area contributed by atoms with Gasteiger partial charge in [-0.05, 0) is 37.5 Å². The van der Waals surface area contributed by atoms with Gasteiger partial charge in [-0.25, -0.2) is 0 Å². The minimum Gasteiger partial charge on any atom is -0.328 e. The van der Waals surface area contributed by atoms with Crippen LogP contribution in [0.5, 0.6) is 0 Å². The van der Waals surface area contributed by atoms with Crippen molar-refractivity contribution in [1.29, 1.82) is 0 Å². The summed E-state index contributed by atoms with van der Waals surface area (Å²) >= 11 is 0. The fraction of sp³-hybridized carbons (Fsp3) is 1.00. The Hall–Kier alpha value is -0.0800. The molecule has 0 bridgehead atoms. The van der Waals surface area contributed by atoms with E-state index in [4.69, 9.17) is 11.5 Å². The highest BCUT2D eigenvalue weighted by Gasteiger charge is 2.37. The molecule has 0 aliphatic carbocycles. The lowest BCUT2D eigenvalue weighted by atomic mass is 9.62. The fourth-order valence-corrected chi connectivity index (χ4v) is 2.16. The maximum absolute atomic E-state index is 5.87. The minimum atomic E-state index is 0.245. The van der Waals surface area contributed by atoms with Crippen LogP contribution >= 0.6 is 0 Å². The maximum atomic E-state index is 5.87. The molecule has 4 N–H and O–H groups in total. The zero-order valence-electron chi connectivity index (χ0n) is 10.7. The van der Waals surface area contributed by atoms with Crippen LogP contribution in [-0.4, -0.2) is 12.1 Å². The van der Waals surface area contributed by atoms with Gasteiger partial charge in [0.25, 0.3) is 0 Å². The third kappa shape index (κ3) is 3.97. The molecule has 0 aromatic rings. The number of hydrogen-bond acceptors (Lipinski definition) is 2. The van der Waals surface area contributed by atoms with Gasteiger partial charge in [0.2, 0.25) is 0 Å². The minimum absolute atomic E-state index is 0.245. The van der Waals surface area contributed by atoms with Crippen LogP contribution in [0.4, 0.5) is 0 Å². The molecule has 2 atom stereocenters. The Morgan fingerprint density at radius 2 is 1.00 bits per heavy atom. The molecule has 0 fully saturated rings. The Morgan fingerprint density at radius 1 is 0.786 bits per heavy atom. The molecule has 0 aliphatic heterocycles. The third-order valence-electron chi connectivity index (χ3n) is 3.50. The van der Waals surface area contributed by atoms with E-state index in [0.29, 0.717) is 0 Å². The maximum Gasteiger partial charge on any atom is 0.00157 e. The van der Waals surface area contributed by atoms with Gasteiger partial charge in [0, 0.05) is 12.1 Å². The molecule has 0 saturated carbocycles. The molecule has 0 radical (unpaired) electrons. The summed E-state index contributed by atoms with van der Waals surface area (Å²) in [5, 5.41) is 0. The van der Waals surface area contributed by atoms with Crippen LogP contribution in [0.2, 0.25) is 0 Å². The van der Waals surface area contributed by atoms with Crippen molar-refractivity contribution in [3.05, 3.63) is 0 Å². The van der Waals surface area contributed by atoms with Gasteiger partial charge in [-0.15, -0.1) is 0 Å². The SMILES string of the molecule is CC(N)CC(C)(C)C(C)(C)CC(C)N. The standard InChI is InChI=1S/C12H28N2/c1-9(13)7-11(3,4)12(5,6)8-10(2)14/h9-10H,7-8,13-14H2,1-6H3. The molecular weight excluding hydrogens is 172 g/mol. The van der Waals surface area contributed by atoms with Crippen LogP contribution in [0.25, 0.3) is 0 Å². The summed E-state index contributed by atoms with van der Waals surface area (Å²) in [5.74, 6) is 0. The van der Waals surface area contributed by atoms with Crippen molar-refractivity contribution in [2.24, 2.45) is 22.3 Å². The second-order valence-electron chi connectivity index (χ2n) is 6.13. The highest BCUT2D eigenvalue weighted by atomic mass is 14.6. The van der Waals surface area contributed by atoms with E-state index in [-0.39, 0.29) is 22.9 Å². The molecule has 0 amide bonds. The molecule has 14 heavy (non-hydrogen) atoms. The lowest BCUT2D eigenvalue weighted by Crippen LogP contribution is -2.40. The molecule has 0 spiro atoms. The second kappa shape index (κ2) is 4.63. The molecule has 0 heterocycles. The summed E-state index contributed by atoms with van der Waals surface area (Å²) in [7, 11) is 0. The molecular formula is C12H28N2. The molecule has 0 saturated heterocycles. The van der Waals surface area contributed by atoms with Crippen molar-refractivity contribution in [2.45, 2.75) is 66.5 Å². The van der Waals surface area contributed by atoms with Crippen molar-refractivity contribution in [2.75, 3.05) is 0 Å². The number of rotatable bonds is 5. The van der Waals surface area contributed by atoms with E-state index in [9.17, 15) is 0 Å². The van der Waals surface area contributed by atoms with Crippen LogP contribution in [0, 0.1) is 10.8 Å². The van der Waals surface area contributed by atoms with Gasteiger partial charge in [0.05, 0.1) is 0 Å². The summed E-state index contributed by atoms with van der Waals surface area (Å²) in [6.07, 6.45) is 2.10. The van der Waals surface area contributed by atoms with Crippen LogP contribution in [0.15, 0.2) is 0 Å². The topological polar surface area (TPSA) is 52.0 Å². The largest absolute Gasteiger partial charge is 0.328 e. The van der Waals surface area contributed by atoms with E-state index >= 15 is 0 Å². The molecule has 0 aromatic heterocycles. The summed E-state index contributed by atoms with van der Waals surface area (Å²) < 4.78 is 0. The Kier molecular flexibility index (Phi) is 4.60. The van der Waals surface area contributed by atoms with E-state index in [0.717, 1.165) is 12.8 Å². The van der Waals surface area contributed by atoms with E-state index in [1.54, 1.807) is 0 Å². The van der Waals surface area contributed by atoms with Gasteiger partial charge in [-0.3, -0.25) is 0 Å². The van der Waals surface area contributed by atoms with Crippen molar-refractivity contribution in [1.82, 2.24) is 0 Å². The lowest BCUT2D eigenvalue weighted by Gasteiger charge is -2.44. The van der Waals surface area contributed by atoms with E-state index < -0.39 is 0 Å². The first-order chi connectivity index (χ1) is 6.08. The van der Waals surface area contributed by atoms with Crippen LogP contribution in [0.3, 0.4) is 0 Å². The smallest absolute Gasteiger partial charge is 0.00157 e. The quantitative estimate of drug-likeness (QED) is 0.716. The molecule has 2 heteroatoms. The van der Waals surface area contributed by atoms with Gasteiger partial charge < -0.3 is 11.5 Å². The molecule has 2 nitrogen and oxygen atoms in total. The van der Waals surface area contributed by atoms with Gasteiger partial charge in [-0.2, -0.15) is 0 Å². The molecule has 2 unspecified atom stereocenters. The zero-order chi connectivity index (χ0) is 11.6. The van der Waals surface area contributed by atoms with Crippen LogP contribution in [0.1, 0.15) is 54.4 Å². The predicted octanol–water partition coefficient (Wildman–Crippen LogP) is 2.51. The summed E-state index contributed by atoms with van der Waals surface area (Å²) in [6.45, 7) is 13.3. The van der Waals surface area contributed by atoms with E-state index in [2.05, 4.69) is 41.5 Å². The Balaban J connectivity index is 4.51. The zero-order valence-corrected chi connectivity index (χ0v) is 10.7. The Labute approximate surface area is 89.4 Å². The molecule has 0 aliphatic rings. The lowest BCUT2D eigenvalue weighted by molar-refractivity contribution is 0.0759. The molecule has 0 rings (SSSR count). The van der Waals surface area contributed by atoms with E-state index in [1.165, 1.54) is 0 Å². The first-order valence-corrected chi connectivity index (χ1v) is 5.59. The van der Waals surface area contributed by atoms with Gasteiger partial charge in [0.1, 0.15) is 0 Å². The molecule has 86 valence electrons.